The minimum absolute atomic E-state index is 0.180. The molecule has 128 valence electrons. The van der Waals surface area contributed by atoms with Crippen LogP contribution in [-0.4, -0.2) is 15.9 Å². The fraction of sp³-hybridized carbons (Fsp3) is 0.0500. The Morgan fingerprint density at radius 3 is 2.81 bits per heavy atom. The maximum atomic E-state index is 12.3. The molecule has 4 rings (SSSR count). The van der Waals surface area contributed by atoms with Gasteiger partial charge in [-0.15, -0.1) is 11.3 Å². The van der Waals surface area contributed by atoms with E-state index in [0.717, 1.165) is 22.2 Å². The van der Waals surface area contributed by atoms with Crippen LogP contribution in [0.1, 0.15) is 16.1 Å². The fourth-order valence-electron chi connectivity index (χ4n) is 2.58. The number of hydrogen-bond donors (Lipinski definition) is 2. The summed E-state index contributed by atoms with van der Waals surface area (Å²) in [6, 6.07) is 19.6. The minimum atomic E-state index is -0.180. The first-order valence-corrected chi connectivity index (χ1v) is 9.05. The van der Waals surface area contributed by atoms with Gasteiger partial charge in [-0.25, -0.2) is 4.98 Å². The monoisotopic (exact) mass is 360 g/mol. The van der Waals surface area contributed by atoms with Crippen molar-refractivity contribution in [3.8, 4) is 0 Å². The maximum absolute atomic E-state index is 12.3. The number of carbonyl (C=O) groups is 1. The van der Waals surface area contributed by atoms with E-state index in [9.17, 15) is 4.79 Å². The highest BCUT2D eigenvalue weighted by molar-refractivity contribution is 7.14. The number of carbonyl (C=O) groups excluding carboxylic acids is 1. The normalized spacial score (nSPS) is 10.6. The number of aromatic nitrogens is 2. The second-order valence-corrected chi connectivity index (χ2v) is 6.60. The Hall–Kier alpha value is -3.25. The van der Waals surface area contributed by atoms with Gasteiger partial charge in [0.05, 0.1) is 5.52 Å². The molecular formula is C20H16N4OS. The second kappa shape index (κ2) is 7.33. The summed E-state index contributed by atoms with van der Waals surface area (Å²) in [6.07, 6.45) is 1.77. The van der Waals surface area contributed by atoms with Crippen molar-refractivity contribution in [1.29, 1.82) is 0 Å². The van der Waals surface area contributed by atoms with E-state index in [0.29, 0.717) is 17.4 Å². The van der Waals surface area contributed by atoms with Crippen LogP contribution in [0.15, 0.2) is 72.2 Å². The van der Waals surface area contributed by atoms with Crippen LogP contribution in [0.3, 0.4) is 0 Å². The van der Waals surface area contributed by atoms with Crippen LogP contribution in [0, 0.1) is 0 Å². The van der Waals surface area contributed by atoms with Gasteiger partial charge in [0.1, 0.15) is 5.69 Å². The number of benzene rings is 2. The molecule has 0 fully saturated rings. The van der Waals surface area contributed by atoms with Gasteiger partial charge in [0, 0.05) is 29.2 Å². The molecule has 26 heavy (non-hydrogen) atoms. The summed E-state index contributed by atoms with van der Waals surface area (Å²) in [5, 5.41) is 9.62. The van der Waals surface area contributed by atoms with Gasteiger partial charge in [0.15, 0.2) is 5.13 Å². The smallest absolute Gasteiger partial charge is 0.271 e. The van der Waals surface area contributed by atoms with Crippen LogP contribution in [-0.2, 0) is 6.54 Å². The number of pyridine rings is 1. The lowest BCUT2D eigenvalue weighted by molar-refractivity contribution is 0.0946. The Morgan fingerprint density at radius 2 is 1.92 bits per heavy atom. The van der Waals surface area contributed by atoms with Gasteiger partial charge in [0.2, 0.25) is 0 Å². The number of rotatable bonds is 5. The number of anilines is 2. The lowest BCUT2D eigenvalue weighted by Crippen LogP contribution is -2.23. The molecule has 0 aliphatic heterocycles. The van der Waals surface area contributed by atoms with E-state index in [-0.39, 0.29) is 5.91 Å². The quantitative estimate of drug-likeness (QED) is 0.555. The van der Waals surface area contributed by atoms with Crippen LogP contribution in [0.25, 0.3) is 10.9 Å². The molecule has 1 amide bonds. The second-order valence-electron chi connectivity index (χ2n) is 5.74. The third-order valence-electron chi connectivity index (χ3n) is 3.89. The van der Waals surface area contributed by atoms with Crippen LogP contribution in [0.5, 0.6) is 0 Å². The molecule has 0 atom stereocenters. The first-order chi connectivity index (χ1) is 12.8. The molecule has 0 saturated carbocycles. The van der Waals surface area contributed by atoms with Crippen LogP contribution in [0.4, 0.5) is 10.8 Å². The molecule has 0 unspecified atom stereocenters. The fourth-order valence-corrected chi connectivity index (χ4v) is 3.29. The molecule has 2 N–H and O–H groups in total. The van der Waals surface area contributed by atoms with Crippen molar-refractivity contribution < 1.29 is 4.79 Å². The average molecular weight is 360 g/mol. The first kappa shape index (κ1) is 16.2. The van der Waals surface area contributed by atoms with Crippen molar-refractivity contribution in [2.45, 2.75) is 6.54 Å². The van der Waals surface area contributed by atoms with Crippen molar-refractivity contribution in [3.05, 3.63) is 83.5 Å². The predicted molar refractivity (Wildman–Crippen MR) is 105 cm³/mol. The molecule has 0 saturated heterocycles. The van der Waals surface area contributed by atoms with Crippen molar-refractivity contribution in [1.82, 2.24) is 15.3 Å². The summed E-state index contributed by atoms with van der Waals surface area (Å²) in [6.45, 7) is 0.484. The number of hydrogen-bond acceptors (Lipinski definition) is 5. The molecule has 0 aliphatic carbocycles. The Bertz CT molecular complexity index is 1050. The van der Waals surface area contributed by atoms with Crippen LogP contribution >= 0.6 is 11.3 Å². The van der Waals surface area contributed by atoms with Crippen molar-refractivity contribution in [2.75, 3.05) is 5.32 Å². The highest BCUT2D eigenvalue weighted by Gasteiger charge is 2.11. The van der Waals surface area contributed by atoms with E-state index in [4.69, 9.17) is 0 Å². The first-order valence-electron chi connectivity index (χ1n) is 8.17. The maximum Gasteiger partial charge on any atom is 0.271 e. The summed E-state index contributed by atoms with van der Waals surface area (Å²) >= 11 is 1.40. The molecule has 5 nitrogen and oxygen atoms in total. The number of fused-ring (bicyclic) bond motifs is 1. The largest absolute Gasteiger partial charge is 0.347 e. The zero-order valence-electron chi connectivity index (χ0n) is 13.8. The van der Waals surface area contributed by atoms with Gasteiger partial charge < -0.3 is 10.6 Å². The molecule has 2 aromatic carbocycles. The average Bonchev–Trinajstić information content (AvgIpc) is 3.15. The summed E-state index contributed by atoms with van der Waals surface area (Å²) in [5.41, 5.74) is 3.32. The zero-order valence-corrected chi connectivity index (χ0v) is 14.7. The van der Waals surface area contributed by atoms with Gasteiger partial charge in [-0.2, -0.15) is 0 Å². The van der Waals surface area contributed by atoms with Gasteiger partial charge in [0.25, 0.3) is 5.91 Å². The lowest BCUT2D eigenvalue weighted by Gasteiger charge is -2.04. The van der Waals surface area contributed by atoms with E-state index in [1.807, 2.05) is 60.7 Å². The molecule has 6 heteroatoms. The standard InChI is InChI=1S/C20H16N4OS/c25-19(22-12-14-5-2-1-3-6-14)18-13-26-20(24-18)23-16-8-9-17-15(11-16)7-4-10-21-17/h1-11,13H,12H2,(H,22,25)(H,23,24). The molecule has 2 aromatic heterocycles. The van der Waals surface area contributed by atoms with E-state index >= 15 is 0 Å². The molecule has 0 bridgehead atoms. The minimum Gasteiger partial charge on any atom is -0.347 e. The van der Waals surface area contributed by atoms with Crippen molar-refractivity contribution in [2.24, 2.45) is 0 Å². The van der Waals surface area contributed by atoms with E-state index in [1.54, 1.807) is 11.6 Å². The molecule has 0 spiro atoms. The highest BCUT2D eigenvalue weighted by atomic mass is 32.1. The van der Waals surface area contributed by atoms with Crippen molar-refractivity contribution >= 4 is 39.0 Å². The summed E-state index contributed by atoms with van der Waals surface area (Å²) in [4.78, 5) is 20.9. The topological polar surface area (TPSA) is 66.9 Å². The third-order valence-corrected chi connectivity index (χ3v) is 4.64. The zero-order chi connectivity index (χ0) is 17.8. The lowest BCUT2D eigenvalue weighted by atomic mass is 10.2. The number of nitrogens with one attached hydrogen (secondary N) is 2. The summed E-state index contributed by atoms with van der Waals surface area (Å²) in [5.74, 6) is -0.180. The summed E-state index contributed by atoms with van der Waals surface area (Å²) < 4.78 is 0. The molecule has 0 aliphatic rings. The third kappa shape index (κ3) is 3.70. The Labute approximate surface area is 154 Å². The summed E-state index contributed by atoms with van der Waals surface area (Å²) in [7, 11) is 0. The SMILES string of the molecule is O=C(NCc1ccccc1)c1csc(Nc2ccc3ncccc3c2)n1. The Morgan fingerprint density at radius 1 is 1.04 bits per heavy atom. The number of thiazole rings is 1. The van der Waals surface area contributed by atoms with Crippen LogP contribution < -0.4 is 10.6 Å². The van der Waals surface area contributed by atoms with Gasteiger partial charge in [-0.3, -0.25) is 9.78 Å². The van der Waals surface area contributed by atoms with Crippen molar-refractivity contribution in [3.63, 3.8) is 0 Å². The number of nitrogens with zero attached hydrogens (tertiary/aromatic N) is 2. The number of amides is 1. The molecule has 0 radical (unpaired) electrons. The Balaban J connectivity index is 1.42. The predicted octanol–water partition coefficient (Wildman–Crippen LogP) is 4.36. The molecular weight excluding hydrogens is 344 g/mol. The van der Waals surface area contributed by atoms with Crippen LogP contribution in [0.2, 0.25) is 0 Å². The van der Waals surface area contributed by atoms with E-state index < -0.39 is 0 Å². The van der Waals surface area contributed by atoms with Gasteiger partial charge in [-0.05, 0) is 29.8 Å². The molecule has 2 heterocycles. The van der Waals surface area contributed by atoms with E-state index in [2.05, 4.69) is 20.6 Å². The highest BCUT2D eigenvalue weighted by Crippen LogP contribution is 2.23. The van der Waals surface area contributed by atoms with Gasteiger partial charge >= 0.3 is 0 Å². The Kier molecular flexibility index (Phi) is 4.57. The van der Waals surface area contributed by atoms with E-state index in [1.165, 1.54) is 11.3 Å². The van der Waals surface area contributed by atoms with Gasteiger partial charge in [-0.1, -0.05) is 36.4 Å². The molecule has 4 aromatic rings.